The molecular formula is C15H26O5S. The lowest BCUT2D eigenvalue weighted by Crippen LogP contribution is -2.14. The second-order valence-corrected chi connectivity index (χ2v) is 5.94. The number of hydrogen-bond acceptors (Lipinski definition) is 6. The van der Waals surface area contributed by atoms with Gasteiger partial charge in [-0.05, 0) is 19.8 Å². The van der Waals surface area contributed by atoms with Gasteiger partial charge in [0, 0.05) is 12.7 Å². The molecular weight excluding hydrogens is 292 g/mol. The maximum Gasteiger partial charge on any atom is 0.317 e. The van der Waals surface area contributed by atoms with Gasteiger partial charge in [-0.25, -0.2) is 0 Å². The van der Waals surface area contributed by atoms with E-state index in [-0.39, 0.29) is 18.1 Å². The van der Waals surface area contributed by atoms with E-state index < -0.39 is 11.9 Å². The second-order valence-electron chi connectivity index (χ2n) is 4.66. The maximum atomic E-state index is 11.2. The molecule has 0 saturated carbocycles. The van der Waals surface area contributed by atoms with Crippen molar-refractivity contribution in [1.82, 2.24) is 0 Å². The number of thioether (sulfide) groups is 1. The third-order valence-electron chi connectivity index (χ3n) is 2.70. The summed E-state index contributed by atoms with van der Waals surface area (Å²) in [5.41, 5.74) is 0. The van der Waals surface area contributed by atoms with Gasteiger partial charge < -0.3 is 9.47 Å². The minimum atomic E-state index is -0.536. The summed E-state index contributed by atoms with van der Waals surface area (Å²) < 4.78 is 9.61. The fraction of sp³-hybridized carbons (Fsp3) is 0.800. The van der Waals surface area contributed by atoms with Crippen LogP contribution in [0.1, 0.15) is 58.8 Å². The summed E-state index contributed by atoms with van der Waals surface area (Å²) in [6.45, 7) is 3.92. The van der Waals surface area contributed by atoms with Crippen molar-refractivity contribution in [2.24, 2.45) is 0 Å². The summed E-state index contributed by atoms with van der Waals surface area (Å²) in [5.74, 6) is -0.151. The van der Waals surface area contributed by atoms with E-state index in [1.165, 1.54) is 11.8 Å². The van der Waals surface area contributed by atoms with E-state index in [0.29, 0.717) is 6.61 Å². The van der Waals surface area contributed by atoms with Crippen LogP contribution in [-0.4, -0.2) is 36.0 Å². The van der Waals surface area contributed by atoms with Crippen LogP contribution in [0.25, 0.3) is 0 Å². The number of carbonyl (C=O) groups is 3. The zero-order valence-corrected chi connectivity index (χ0v) is 13.8. The summed E-state index contributed by atoms with van der Waals surface area (Å²) in [7, 11) is 0. The molecule has 0 aromatic carbocycles. The summed E-state index contributed by atoms with van der Waals surface area (Å²) >= 11 is 1.38. The van der Waals surface area contributed by atoms with Crippen molar-refractivity contribution in [1.29, 1.82) is 0 Å². The topological polar surface area (TPSA) is 69.7 Å². The van der Waals surface area contributed by atoms with E-state index in [4.69, 9.17) is 4.74 Å². The molecule has 5 nitrogen and oxygen atoms in total. The lowest BCUT2D eigenvalue weighted by molar-refractivity contribution is -0.154. The largest absolute Gasteiger partial charge is 0.466 e. The van der Waals surface area contributed by atoms with E-state index in [1.807, 2.05) is 0 Å². The quantitative estimate of drug-likeness (QED) is 0.313. The Labute approximate surface area is 131 Å². The van der Waals surface area contributed by atoms with Crippen molar-refractivity contribution in [2.75, 3.05) is 19.0 Å². The molecule has 0 saturated heterocycles. The average molecular weight is 318 g/mol. The highest BCUT2D eigenvalue weighted by Gasteiger charge is 2.10. The molecule has 0 aliphatic carbocycles. The van der Waals surface area contributed by atoms with Crippen molar-refractivity contribution >= 4 is 28.8 Å². The summed E-state index contributed by atoms with van der Waals surface area (Å²) in [6, 6.07) is 0. The zero-order chi connectivity index (χ0) is 15.9. The Morgan fingerprint density at radius 3 is 2.05 bits per heavy atom. The first-order valence-electron chi connectivity index (χ1n) is 7.50. The number of ether oxygens (including phenoxy) is 2. The smallest absolute Gasteiger partial charge is 0.317 e. The van der Waals surface area contributed by atoms with Crippen molar-refractivity contribution in [2.45, 2.75) is 58.8 Å². The zero-order valence-electron chi connectivity index (χ0n) is 13.0. The molecule has 0 N–H and O–H groups in total. The lowest BCUT2D eigenvalue weighted by Gasteiger charge is -2.05. The third-order valence-corrected chi connectivity index (χ3v) is 3.60. The second kappa shape index (κ2) is 13.9. The minimum Gasteiger partial charge on any atom is -0.466 e. The molecule has 0 heterocycles. The lowest BCUT2D eigenvalue weighted by atomic mass is 10.1. The van der Waals surface area contributed by atoms with Crippen molar-refractivity contribution < 1.29 is 23.9 Å². The van der Waals surface area contributed by atoms with Crippen LogP contribution in [0.5, 0.6) is 0 Å². The summed E-state index contributed by atoms with van der Waals surface area (Å²) in [6.07, 6.45) is 5.95. The van der Waals surface area contributed by atoms with Gasteiger partial charge in [-0.15, -0.1) is 0 Å². The molecule has 0 aliphatic heterocycles. The molecule has 0 spiro atoms. The number of rotatable bonds is 12. The Morgan fingerprint density at radius 1 is 0.857 bits per heavy atom. The Bertz CT molecular complexity index is 317. The molecule has 0 rings (SSSR count). The van der Waals surface area contributed by atoms with Gasteiger partial charge in [0.1, 0.15) is 6.42 Å². The van der Waals surface area contributed by atoms with Gasteiger partial charge in [0.25, 0.3) is 0 Å². The molecule has 0 fully saturated rings. The van der Waals surface area contributed by atoms with Crippen LogP contribution < -0.4 is 0 Å². The van der Waals surface area contributed by atoms with Gasteiger partial charge in [0.15, 0.2) is 5.12 Å². The first-order valence-corrected chi connectivity index (χ1v) is 8.49. The van der Waals surface area contributed by atoms with Gasteiger partial charge in [-0.1, -0.05) is 37.4 Å². The standard InChI is InChI=1S/C15H26O5S/c1-3-19-14(17)12-15(18)20-10-8-6-4-5-7-9-11-21-13(2)16/h3-12H2,1-2H3. The van der Waals surface area contributed by atoms with Crippen LogP contribution in [0.15, 0.2) is 0 Å². The highest BCUT2D eigenvalue weighted by Crippen LogP contribution is 2.10. The highest BCUT2D eigenvalue weighted by molar-refractivity contribution is 8.13. The number of carbonyl (C=O) groups excluding carboxylic acids is 3. The Hall–Kier alpha value is -1.04. The molecule has 21 heavy (non-hydrogen) atoms. The molecule has 0 unspecified atom stereocenters. The highest BCUT2D eigenvalue weighted by atomic mass is 32.2. The monoisotopic (exact) mass is 318 g/mol. The molecule has 0 aromatic heterocycles. The first-order chi connectivity index (χ1) is 10.1. The van der Waals surface area contributed by atoms with Crippen molar-refractivity contribution in [3.63, 3.8) is 0 Å². The number of esters is 2. The van der Waals surface area contributed by atoms with Crippen LogP contribution in [0.4, 0.5) is 0 Å². The molecule has 0 radical (unpaired) electrons. The molecule has 122 valence electrons. The van der Waals surface area contributed by atoms with Gasteiger partial charge in [-0.2, -0.15) is 0 Å². The fourth-order valence-corrected chi connectivity index (χ4v) is 2.33. The van der Waals surface area contributed by atoms with Crippen LogP contribution in [0.3, 0.4) is 0 Å². The SMILES string of the molecule is CCOC(=O)CC(=O)OCCCCCCCCSC(C)=O. The molecule has 0 bridgehead atoms. The van der Waals surface area contributed by atoms with Crippen LogP contribution in [-0.2, 0) is 23.9 Å². The van der Waals surface area contributed by atoms with E-state index in [9.17, 15) is 14.4 Å². The summed E-state index contributed by atoms with van der Waals surface area (Å²) in [5, 5.41) is 0.180. The van der Waals surface area contributed by atoms with E-state index in [1.54, 1.807) is 13.8 Å². The van der Waals surface area contributed by atoms with Crippen LogP contribution in [0.2, 0.25) is 0 Å². The fourth-order valence-electron chi connectivity index (χ4n) is 1.69. The summed E-state index contributed by atoms with van der Waals surface area (Å²) in [4.78, 5) is 32.9. The van der Waals surface area contributed by atoms with E-state index >= 15 is 0 Å². The van der Waals surface area contributed by atoms with Crippen LogP contribution in [0, 0.1) is 0 Å². The maximum absolute atomic E-state index is 11.2. The number of unbranched alkanes of at least 4 members (excludes halogenated alkanes) is 5. The van der Waals surface area contributed by atoms with E-state index in [0.717, 1.165) is 44.3 Å². The Balaban J connectivity index is 3.26. The van der Waals surface area contributed by atoms with Gasteiger partial charge in [0.05, 0.1) is 13.2 Å². The third kappa shape index (κ3) is 15.2. The first kappa shape index (κ1) is 20.0. The molecule has 0 aromatic rings. The molecule has 0 atom stereocenters. The normalized spacial score (nSPS) is 10.2. The Kier molecular flexibility index (Phi) is 13.2. The predicted molar refractivity (Wildman–Crippen MR) is 83.1 cm³/mol. The van der Waals surface area contributed by atoms with Crippen LogP contribution >= 0.6 is 11.8 Å². The predicted octanol–water partition coefficient (Wildman–Crippen LogP) is 3.10. The number of hydrogen-bond donors (Lipinski definition) is 0. The molecule has 0 aliphatic rings. The van der Waals surface area contributed by atoms with Crippen molar-refractivity contribution in [3.8, 4) is 0 Å². The average Bonchev–Trinajstić information content (AvgIpc) is 2.40. The minimum absolute atomic E-state index is 0.180. The van der Waals surface area contributed by atoms with E-state index in [2.05, 4.69) is 4.74 Å². The van der Waals surface area contributed by atoms with Gasteiger partial charge >= 0.3 is 11.9 Å². The van der Waals surface area contributed by atoms with Gasteiger partial charge in [0.2, 0.25) is 0 Å². The van der Waals surface area contributed by atoms with Crippen molar-refractivity contribution in [3.05, 3.63) is 0 Å². The van der Waals surface area contributed by atoms with Gasteiger partial charge in [-0.3, -0.25) is 14.4 Å². The Morgan fingerprint density at radius 2 is 1.43 bits per heavy atom. The molecule has 0 amide bonds. The molecule has 6 heteroatoms.